The normalized spacial score (nSPS) is 7.00. The van der Waals surface area contributed by atoms with Crippen LogP contribution >= 0.6 is 15.9 Å². The Morgan fingerprint density at radius 1 is 1.57 bits per heavy atom. The van der Waals surface area contributed by atoms with Gasteiger partial charge in [0.05, 0.1) is 0 Å². The minimum Gasteiger partial charge on any atom is -0.103 e. The molecule has 38 valence electrons. The Balaban J connectivity index is 0. The molecule has 0 saturated carbocycles. The second-order valence-electron chi connectivity index (χ2n) is 1.12. The fourth-order valence-electron chi connectivity index (χ4n) is 0.221. The van der Waals surface area contributed by atoms with Gasteiger partial charge >= 0.3 is 0 Å². The van der Waals surface area contributed by atoms with E-state index in [1.165, 1.54) is 6.42 Å². The van der Waals surface area contributed by atoms with Gasteiger partial charge in [-0.1, -0.05) is 22.0 Å². The summed E-state index contributed by atoms with van der Waals surface area (Å²) < 4.78 is 0. The zero-order valence-corrected chi connectivity index (χ0v) is 9.04. The van der Waals surface area contributed by atoms with Crippen LogP contribution in [0, 0.1) is 0 Å². The molecule has 0 aromatic heterocycles. The molecule has 0 N–H and O–H groups in total. The predicted octanol–water partition coefficient (Wildman–Crippen LogP) is 2.35. The molecule has 0 spiro atoms. The van der Waals surface area contributed by atoms with Crippen molar-refractivity contribution in [1.82, 2.24) is 0 Å². The molecule has 0 saturated heterocycles. The summed E-state index contributed by atoms with van der Waals surface area (Å²) in [5, 5.41) is 1.10. The van der Waals surface area contributed by atoms with Gasteiger partial charge < -0.3 is 0 Å². The quantitative estimate of drug-likeness (QED) is 0.293. The van der Waals surface area contributed by atoms with Gasteiger partial charge in [0, 0.05) is 24.8 Å². The second-order valence-corrected chi connectivity index (χ2v) is 1.91. The van der Waals surface area contributed by atoms with Crippen LogP contribution in [0.2, 0.25) is 0 Å². The first kappa shape index (κ1) is 10.8. The average Bonchev–Trinajstić information content (AvgIpc) is 1.61. The van der Waals surface area contributed by atoms with E-state index >= 15 is 0 Å². The number of hydrogen-bond donors (Lipinski definition) is 0. The van der Waals surface area contributed by atoms with Crippen molar-refractivity contribution in [2.75, 3.05) is 5.33 Å². The number of alkyl halides is 1. The molecule has 0 aliphatic heterocycles. The van der Waals surface area contributed by atoms with Gasteiger partial charge in [-0.15, -0.1) is 6.58 Å². The van der Waals surface area contributed by atoms with Crippen LogP contribution in [0.3, 0.4) is 0 Å². The van der Waals surface area contributed by atoms with E-state index in [1.54, 1.807) is 0 Å². The van der Waals surface area contributed by atoms with Crippen LogP contribution < -0.4 is 0 Å². The van der Waals surface area contributed by atoms with Crippen molar-refractivity contribution in [1.29, 1.82) is 0 Å². The molecule has 0 aromatic carbocycles. The first-order chi connectivity index (χ1) is 2.91. The summed E-state index contributed by atoms with van der Waals surface area (Å²) in [6.45, 7) is 3.58. The topological polar surface area (TPSA) is 0 Å². The maximum absolute atomic E-state index is 3.58. The molecule has 2 heteroatoms. The molecule has 0 fully saturated rings. The van der Waals surface area contributed by atoms with Gasteiger partial charge in [0.2, 0.25) is 0 Å². The van der Waals surface area contributed by atoms with Crippen LogP contribution in [-0.2, 0) is 19.5 Å². The van der Waals surface area contributed by atoms with Crippen molar-refractivity contribution in [3.63, 3.8) is 0 Å². The summed E-state index contributed by atoms with van der Waals surface area (Å²) in [7, 11) is 0. The van der Waals surface area contributed by atoms with Gasteiger partial charge in [-0.3, -0.25) is 0 Å². The summed E-state index contributed by atoms with van der Waals surface area (Å²) in [4.78, 5) is 0. The number of unbranched alkanes of at least 4 members (excludes halogenated alkanes) is 1. The maximum Gasteiger partial charge on any atom is 0.00342 e. The van der Waals surface area contributed by atoms with E-state index in [-0.39, 0.29) is 19.5 Å². The van der Waals surface area contributed by atoms with E-state index < -0.39 is 0 Å². The standard InChI is InChI=1S/C5H9Br.Zn/c1-2-3-4-5-6;/h2H,1,3-5H2;. The zero-order chi connectivity index (χ0) is 4.83. The molecule has 0 amide bonds. The third-order valence-electron chi connectivity index (χ3n) is 0.542. The smallest absolute Gasteiger partial charge is 0.00342 e. The largest absolute Gasteiger partial charge is 0.103 e. The number of rotatable bonds is 3. The van der Waals surface area contributed by atoms with Crippen molar-refractivity contribution in [2.24, 2.45) is 0 Å². The van der Waals surface area contributed by atoms with Gasteiger partial charge in [-0.2, -0.15) is 0 Å². The van der Waals surface area contributed by atoms with E-state index in [1.807, 2.05) is 6.08 Å². The summed E-state index contributed by atoms with van der Waals surface area (Å²) in [6.07, 6.45) is 4.27. The van der Waals surface area contributed by atoms with Gasteiger partial charge in [-0.05, 0) is 12.8 Å². The Morgan fingerprint density at radius 2 is 2.14 bits per heavy atom. The van der Waals surface area contributed by atoms with Crippen LogP contribution in [0.25, 0.3) is 0 Å². The first-order valence-electron chi connectivity index (χ1n) is 2.08. The SMILES string of the molecule is C=CCCCBr.[Zn]. The molecule has 0 aromatic rings. The molecule has 7 heavy (non-hydrogen) atoms. The fourth-order valence-corrected chi connectivity index (χ4v) is 0.545. The zero-order valence-electron chi connectivity index (χ0n) is 4.49. The van der Waals surface area contributed by atoms with E-state index in [0.717, 1.165) is 11.8 Å². The minimum absolute atomic E-state index is 0. The van der Waals surface area contributed by atoms with Crippen molar-refractivity contribution >= 4 is 15.9 Å². The molecule has 0 rings (SSSR count). The van der Waals surface area contributed by atoms with Gasteiger partial charge in [0.1, 0.15) is 0 Å². The Morgan fingerprint density at radius 3 is 2.29 bits per heavy atom. The van der Waals surface area contributed by atoms with Crippen molar-refractivity contribution < 1.29 is 19.5 Å². The summed E-state index contributed by atoms with van der Waals surface area (Å²) in [5.74, 6) is 0. The van der Waals surface area contributed by atoms with Crippen LogP contribution in [0.4, 0.5) is 0 Å². The fraction of sp³-hybridized carbons (Fsp3) is 0.600. The average molecular weight is 214 g/mol. The van der Waals surface area contributed by atoms with Gasteiger partial charge in [0.25, 0.3) is 0 Å². The number of allylic oxidation sites excluding steroid dienone is 1. The first-order valence-corrected chi connectivity index (χ1v) is 3.21. The van der Waals surface area contributed by atoms with Crippen LogP contribution in [-0.4, -0.2) is 5.33 Å². The molecule has 0 bridgehead atoms. The Kier molecular flexibility index (Phi) is 15.3. The monoisotopic (exact) mass is 212 g/mol. The summed E-state index contributed by atoms with van der Waals surface area (Å²) in [5.41, 5.74) is 0. The summed E-state index contributed by atoms with van der Waals surface area (Å²) >= 11 is 3.30. The Hall–Kier alpha value is 0.843. The van der Waals surface area contributed by atoms with E-state index in [0.29, 0.717) is 0 Å². The van der Waals surface area contributed by atoms with E-state index in [2.05, 4.69) is 22.5 Å². The second kappa shape index (κ2) is 9.96. The van der Waals surface area contributed by atoms with Crippen LogP contribution in [0.1, 0.15) is 12.8 Å². The van der Waals surface area contributed by atoms with Gasteiger partial charge in [-0.25, -0.2) is 0 Å². The van der Waals surface area contributed by atoms with Gasteiger partial charge in [0.15, 0.2) is 0 Å². The molecular weight excluding hydrogens is 205 g/mol. The number of hydrogen-bond acceptors (Lipinski definition) is 0. The molecule has 0 nitrogen and oxygen atoms in total. The van der Waals surface area contributed by atoms with E-state index in [9.17, 15) is 0 Å². The maximum atomic E-state index is 3.58. The number of halogens is 1. The Bertz CT molecular complexity index is 37.1. The van der Waals surface area contributed by atoms with Crippen LogP contribution in [0.15, 0.2) is 12.7 Å². The third kappa shape index (κ3) is 10.9. The molecule has 0 unspecified atom stereocenters. The molecular formula is C5H9BrZn. The van der Waals surface area contributed by atoms with Crippen LogP contribution in [0.5, 0.6) is 0 Å². The molecule has 0 aliphatic carbocycles. The van der Waals surface area contributed by atoms with E-state index in [4.69, 9.17) is 0 Å². The van der Waals surface area contributed by atoms with Crippen molar-refractivity contribution in [3.8, 4) is 0 Å². The Labute approximate surface area is 66.3 Å². The molecule has 0 heterocycles. The predicted molar refractivity (Wildman–Crippen MR) is 33.2 cm³/mol. The summed E-state index contributed by atoms with van der Waals surface area (Å²) in [6, 6.07) is 0. The third-order valence-corrected chi connectivity index (χ3v) is 1.10. The molecule has 0 aliphatic rings. The van der Waals surface area contributed by atoms with Crippen molar-refractivity contribution in [3.05, 3.63) is 12.7 Å². The van der Waals surface area contributed by atoms with Crippen molar-refractivity contribution in [2.45, 2.75) is 12.8 Å². The minimum atomic E-state index is 0. The molecule has 0 atom stereocenters. The molecule has 0 radical (unpaired) electrons.